The van der Waals surface area contributed by atoms with E-state index in [2.05, 4.69) is 11.4 Å². The molecule has 1 saturated carbocycles. The lowest BCUT2D eigenvalue weighted by Gasteiger charge is -2.31. The minimum atomic E-state index is 0. The molecule has 1 fully saturated rings. The molecule has 1 aliphatic carbocycles. The second-order valence-corrected chi connectivity index (χ2v) is 4.80. The maximum Gasteiger partial charge on any atom is 0.115 e. The smallest absolute Gasteiger partial charge is 0.115 e. The van der Waals surface area contributed by atoms with Crippen molar-refractivity contribution < 1.29 is 5.11 Å². The number of hydrogen-bond donors (Lipinski definition) is 2. The van der Waals surface area contributed by atoms with Crippen LogP contribution in [0.2, 0.25) is 0 Å². The van der Waals surface area contributed by atoms with Crippen molar-refractivity contribution in [1.82, 2.24) is 5.32 Å². The number of benzene rings is 1. The summed E-state index contributed by atoms with van der Waals surface area (Å²) in [5, 5.41) is 12.8. The molecule has 0 spiro atoms. The highest BCUT2D eigenvalue weighted by Gasteiger charge is 2.25. The molecule has 96 valence electrons. The molecular weight excluding hydrogens is 234 g/mol. The van der Waals surface area contributed by atoms with Gasteiger partial charge in [-0.2, -0.15) is 0 Å². The van der Waals surface area contributed by atoms with Crippen LogP contribution >= 0.6 is 12.4 Å². The molecule has 0 heterocycles. The van der Waals surface area contributed by atoms with Gasteiger partial charge in [-0.05, 0) is 56.0 Å². The maximum atomic E-state index is 9.54. The number of phenolic OH excluding ortho intramolecular Hbond substituents is 1. The predicted octanol–water partition coefficient (Wildman–Crippen LogP) is 3.31. The number of phenols is 1. The van der Waals surface area contributed by atoms with Crippen molar-refractivity contribution in [3.8, 4) is 5.75 Å². The van der Waals surface area contributed by atoms with E-state index in [1.54, 1.807) is 6.07 Å². The van der Waals surface area contributed by atoms with Gasteiger partial charge in [0.1, 0.15) is 5.75 Å². The van der Waals surface area contributed by atoms with E-state index in [4.69, 9.17) is 0 Å². The van der Waals surface area contributed by atoms with Crippen LogP contribution in [0.25, 0.3) is 0 Å². The maximum absolute atomic E-state index is 9.54. The molecule has 1 aromatic rings. The third-order valence-corrected chi connectivity index (χ3v) is 3.67. The first-order chi connectivity index (χ1) is 7.81. The molecule has 3 heteroatoms. The summed E-state index contributed by atoms with van der Waals surface area (Å²) in [6, 6.07) is 7.78. The van der Waals surface area contributed by atoms with Gasteiger partial charge >= 0.3 is 0 Å². The van der Waals surface area contributed by atoms with E-state index >= 15 is 0 Å². The van der Waals surface area contributed by atoms with Crippen molar-refractivity contribution in [2.24, 2.45) is 5.92 Å². The lowest BCUT2D eigenvalue weighted by Crippen LogP contribution is -2.27. The van der Waals surface area contributed by atoms with Crippen LogP contribution in [-0.4, -0.2) is 18.7 Å². The number of hydrogen-bond acceptors (Lipinski definition) is 2. The van der Waals surface area contributed by atoms with E-state index < -0.39 is 0 Å². The Morgan fingerprint density at radius 3 is 2.76 bits per heavy atom. The highest BCUT2D eigenvalue weighted by molar-refractivity contribution is 5.85. The number of nitrogens with one attached hydrogen (secondary N) is 1. The van der Waals surface area contributed by atoms with Crippen molar-refractivity contribution in [2.75, 3.05) is 13.6 Å². The Morgan fingerprint density at radius 1 is 1.29 bits per heavy atom. The SMILES string of the molecule is CNCC1CCCCC1c1cccc(O)c1.Cl. The van der Waals surface area contributed by atoms with E-state index in [0.29, 0.717) is 11.7 Å². The van der Waals surface area contributed by atoms with Crippen molar-refractivity contribution in [3.05, 3.63) is 29.8 Å². The fourth-order valence-corrected chi connectivity index (χ4v) is 2.91. The van der Waals surface area contributed by atoms with Crippen molar-refractivity contribution in [1.29, 1.82) is 0 Å². The van der Waals surface area contributed by atoms with E-state index in [9.17, 15) is 5.11 Å². The van der Waals surface area contributed by atoms with Gasteiger partial charge in [-0.25, -0.2) is 0 Å². The van der Waals surface area contributed by atoms with Gasteiger partial charge in [-0.1, -0.05) is 25.0 Å². The zero-order valence-electron chi connectivity index (χ0n) is 10.4. The third-order valence-electron chi connectivity index (χ3n) is 3.67. The van der Waals surface area contributed by atoms with Gasteiger partial charge < -0.3 is 10.4 Å². The van der Waals surface area contributed by atoms with Gasteiger partial charge in [0.05, 0.1) is 0 Å². The van der Waals surface area contributed by atoms with Gasteiger partial charge in [0.2, 0.25) is 0 Å². The molecule has 0 aliphatic heterocycles. The molecule has 0 aromatic heterocycles. The molecule has 0 saturated heterocycles. The van der Waals surface area contributed by atoms with Crippen LogP contribution in [0.15, 0.2) is 24.3 Å². The molecule has 0 amide bonds. The molecule has 1 aromatic carbocycles. The molecule has 0 bridgehead atoms. The summed E-state index contributed by atoms with van der Waals surface area (Å²) in [5.74, 6) is 1.74. The molecule has 0 radical (unpaired) electrons. The van der Waals surface area contributed by atoms with Gasteiger partial charge in [0.15, 0.2) is 0 Å². The summed E-state index contributed by atoms with van der Waals surface area (Å²) in [6.07, 6.45) is 5.24. The van der Waals surface area contributed by atoms with Crippen LogP contribution in [0.5, 0.6) is 5.75 Å². The predicted molar refractivity (Wildman–Crippen MR) is 74.0 cm³/mol. The number of halogens is 1. The van der Waals surface area contributed by atoms with Crippen molar-refractivity contribution in [2.45, 2.75) is 31.6 Å². The molecule has 2 nitrogen and oxygen atoms in total. The summed E-state index contributed by atoms with van der Waals surface area (Å²) < 4.78 is 0. The summed E-state index contributed by atoms with van der Waals surface area (Å²) in [4.78, 5) is 0. The highest BCUT2D eigenvalue weighted by Crippen LogP contribution is 2.38. The summed E-state index contributed by atoms with van der Waals surface area (Å²) in [7, 11) is 2.02. The average Bonchev–Trinajstić information content (AvgIpc) is 2.30. The summed E-state index contributed by atoms with van der Waals surface area (Å²) in [6.45, 7) is 1.08. The Morgan fingerprint density at radius 2 is 2.06 bits per heavy atom. The second-order valence-electron chi connectivity index (χ2n) is 4.80. The van der Waals surface area contributed by atoms with Crippen molar-refractivity contribution >= 4 is 12.4 Å². The molecule has 2 atom stereocenters. The van der Waals surface area contributed by atoms with Crippen molar-refractivity contribution in [3.63, 3.8) is 0 Å². The Labute approximate surface area is 110 Å². The monoisotopic (exact) mass is 255 g/mol. The van der Waals surface area contributed by atoms with E-state index in [-0.39, 0.29) is 12.4 Å². The van der Waals surface area contributed by atoms with Crippen LogP contribution in [0.3, 0.4) is 0 Å². The lowest BCUT2D eigenvalue weighted by atomic mass is 9.75. The minimum Gasteiger partial charge on any atom is -0.508 e. The normalized spacial score (nSPS) is 24.1. The topological polar surface area (TPSA) is 32.3 Å². The van der Waals surface area contributed by atoms with Crippen LogP contribution in [0.1, 0.15) is 37.2 Å². The van der Waals surface area contributed by atoms with Gasteiger partial charge in [0, 0.05) is 0 Å². The van der Waals surface area contributed by atoms with Crippen LogP contribution in [-0.2, 0) is 0 Å². The third kappa shape index (κ3) is 3.62. The Balaban J connectivity index is 0.00000144. The standard InChI is InChI=1S/C14H21NO.ClH/c1-15-10-12-5-2-3-8-14(12)11-6-4-7-13(16)9-11;/h4,6-7,9,12,14-16H,2-3,5,8,10H2,1H3;1H. The zero-order valence-corrected chi connectivity index (χ0v) is 11.2. The summed E-state index contributed by atoms with van der Waals surface area (Å²) >= 11 is 0. The Bertz CT molecular complexity index is 341. The van der Waals surface area contributed by atoms with Gasteiger partial charge in [-0.15, -0.1) is 12.4 Å². The quantitative estimate of drug-likeness (QED) is 0.869. The second kappa shape index (κ2) is 6.87. The average molecular weight is 256 g/mol. The number of rotatable bonds is 3. The Kier molecular flexibility index (Phi) is 5.79. The Hall–Kier alpha value is -0.730. The zero-order chi connectivity index (χ0) is 11.4. The minimum absolute atomic E-state index is 0. The summed E-state index contributed by atoms with van der Waals surface area (Å²) in [5.41, 5.74) is 1.31. The first kappa shape index (κ1) is 14.3. The van der Waals surface area contributed by atoms with Gasteiger partial charge in [-0.3, -0.25) is 0 Å². The first-order valence-corrected chi connectivity index (χ1v) is 6.25. The van der Waals surface area contributed by atoms with E-state index in [0.717, 1.165) is 12.5 Å². The van der Waals surface area contributed by atoms with E-state index in [1.807, 2.05) is 19.2 Å². The number of aromatic hydroxyl groups is 1. The van der Waals surface area contributed by atoms with Gasteiger partial charge in [0.25, 0.3) is 0 Å². The molecule has 1 aliphatic rings. The molecule has 2 rings (SSSR count). The largest absolute Gasteiger partial charge is 0.508 e. The lowest BCUT2D eigenvalue weighted by molar-refractivity contribution is 0.300. The molecule has 2 unspecified atom stereocenters. The van der Waals surface area contributed by atoms with Crippen LogP contribution in [0, 0.1) is 5.92 Å². The fourth-order valence-electron chi connectivity index (χ4n) is 2.91. The molecular formula is C14H22ClNO. The molecule has 17 heavy (non-hydrogen) atoms. The first-order valence-electron chi connectivity index (χ1n) is 6.25. The highest BCUT2D eigenvalue weighted by atomic mass is 35.5. The van der Waals surface area contributed by atoms with E-state index in [1.165, 1.54) is 31.2 Å². The van der Waals surface area contributed by atoms with Crippen LogP contribution < -0.4 is 5.32 Å². The molecule has 2 N–H and O–H groups in total. The fraction of sp³-hybridized carbons (Fsp3) is 0.571. The van der Waals surface area contributed by atoms with Crippen LogP contribution in [0.4, 0.5) is 0 Å².